The average Bonchev–Trinajstić information content (AvgIpc) is 2.36. The summed E-state index contributed by atoms with van der Waals surface area (Å²) < 4.78 is 5.35. The van der Waals surface area contributed by atoms with E-state index in [1.54, 1.807) is 0 Å². The van der Waals surface area contributed by atoms with Crippen LogP contribution >= 0.6 is 0 Å². The van der Waals surface area contributed by atoms with Gasteiger partial charge in [0.1, 0.15) is 5.75 Å². The van der Waals surface area contributed by atoms with E-state index in [-0.39, 0.29) is 6.42 Å². The molecule has 1 aromatic carbocycles. The number of aliphatic carboxylic acids is 1. The van der Waals surface area contributed by atoms with Crippen molar-refractivity contribution in [3.8, 4) is 18.1 Å². The van der Waals surface area contributed by atoms with E-state index in [1.807, 2.05) is 36.1 Å². The van der Waals surface area contributed by atoms with Gasteiger partial charge in [0.05, 0.1) is 19.6 Å². The average molecular weight is 247 g/mol. The first kappa shape index (κ1) is 13.9. The molecule has 4 nitrogen and oxygen atoms in total. The van der Waals surface area contributed by atoms with Crippen molar-refractivity contribution in [2.45, 2.75) is 13.3 Å². The monoisotopic (exact) mass is 247 g/mol. The second-order valence-corrected chi connectivity index (χ2v) is 3.70. The Labute approximate surface area is 107 Å². The summed E-state index contributed by atoms with van der Waals surface area (Å²) in [7, 11) is 0. The van der Waals surface area contributed by atoms with Crippen molar-refractivity contribution in [3.63, 3.8) is 0 Å². The van der Waals surface area contributed by atoms with Crippen LogP contribution in [0.2, 0.25) is 0 Å². The number of benzene rings is 1. The Bertz CT molecular complexity index is 420. The smallest absolute Gasteiger partial charge is 0.305 e. The molecule has 96 valence electrons. The Balaban J connectivity index is 2.72. The van der Waals surface area contributed by atoms with Crippen LogP contribution in [0.25, 0.3) is 0 Å². The number of anilines is 1. The number of ether oxygens (including phenoxy) is 1. The molecule has 1 aromatic rings. The quantitative estimate of drug-likeness (QED) is 0.749. The molecule has 0 bridgehead atoms. The first-order chi connectivity index (χ1) is 8.67. The highest BCUT2D eigenvalue weighted by Crippen LogP contribution is 2.19. The van der Waals surface area contributed by atoms with Gasteiger partial charge in [-0.15, -0.1) is 6.42 Å². The Morgan fingerprint density at radius 2 is 2.11 bits per heavy atom. The largest absolute Gasteiger partial charge is 0.494 e. The van der Waals surface area contributed by atoms with Crippen LogP contribution in [0.15, 0.2) is 24.3 Å². The molecule has 0 amide bonds. The maximum absolute atomic E-state index is 10.6. The number of carboxylic acids is 1. The second kappa shape index (κ2) is 7.23. The highest BCUT2D eigenvalue weighted by Gasteiger charge is 2.07. The Kier molecular flexibility index (Phi) is 5.59. The fourth-order valence-corrected chi connectivity index (χ4v) is 1.56. The van der Waals surface area contributed by atoms with Crippen LogP contribution in [0.1, 0.15) is 13.3 Å². The zero-order chi connectivity index (χ0) is 13.4. The number of carbonyl (C=O) groups is 1. The van der Waals surface area contributed by atoms with Gasteiger partial charge in [0.2, 0.25) is 0 Å². The third-order valence-electron chi connectivity index (χ3n) is 2.39. The van der Waals surface area contributed by atoms with E-state index < -0.39 is 5.97 Å². The van der Waals surface area contributed by atoms with Crippen molar-refractivity contribution in [1.82, 2.24) is 0 Å². The minimum Gasteiger partial charge on any atom is -0.494 e. The summed E-state index contributed by atoms with van der Waals surface area (Å²) in [5, 5.41) is 8.69. The van der Waals surface area contributed by atoms with E-state index in [9.17, 15) is 4.79 Å². The van der Waals surface area contributed by atoms with Gasteiger partial charge >= 0.3 is 5.97 Å². The van der Waals surface area contributed by atoms with Crippen LogP contribution in [0.4, 0.5) is 5.69 Å². The van der Waals surface area contributed by atoms with E-state index in [2.05, 4.69) is 5.92 Å². The van der Waals surface area contributed by atoms with Crippen LogP contribution < -0.4 is 9.64 Å². The molecule has 0 atom stereocenters. The van der Waals surface area contributed by atoms with Crippen LogP contribution in [-0.4, -0.2) is 30.8 Å². The molecule has 0 aromatic heterocycles. The van der Waals surface area contributed by atoms with Crippen LogP contribution in [0.5, 0.6) is 5.75 Å². The molecule has 0 saturated heterocycles. The van der Waals surface area contributed by atoms with Gasteiger partial charge < -0.3 is 14.7 Å². The molecule has 0 aliphatic rings. The Morgan fingerprint density at radius 1 is 1.44 bits per heavy atom. The lowest BCUT2D eigenvalue weighted by atomic mass is 10.2. The number of hydrogen-bond acceptors (Lipinski definition) is 3. The molecular weight excluding hydrogens is 230 g/mol. The van der Waals surface area contributed by atoms with Crippen LogP contribution in [0, 0.1) is 12.3 Å². The van der Waals surface area contributed by atoms with Gasteiger partial charge in [-0.25, -0.2) is 0 Å². The number of nitrogens with zero attached hydrogens (tertiary/aromatic N) is 1. The highest BCUT2D eigenvalue weighted by molar-refractivity contribution is 5.67. The van der Waals surface area contributed by atoms with Gasteiger partial charge in [0, 0.05) is 12.2 Å². The Morgan fingerprint density at radius 3 is 2.61 bits per heavy atom. The SMILES string of the molecule is C#CCN(CCC(=O)O)c1ccc(OCC)cc1. The summed E-state index contributed by atoms with van der Waals surface area (Å²) in [4.78, 5) is 12.4. The molecule has 0 spiro atoms. The van der Waals surface area contributed by atoms with Crippen LogP contribution in [0.3, 0.4) is 0 Å². The molecule has 0 fully saturated rings. The van der Waals surface area contributed by atoms with Gasteiger partial charge in [0.25, 0.3) is 0 Å². The molecule has 4 heteroatoms. The van der Waals surface area contributed by atoms with Crippen molar-refractivity contribution in [2.75, 3.05) is 24.6 Å². The summed E-state index contributed by atoms with van der Waals surface area (Å²) >= 11 is 0. The minimum absolute atomic E-state index is 0.0644. The van der Waals surface area contributed by atoms with Crippen molar-refractivity contribution in [2.24, 2.45) is 0 Å². The molecule has 0 aliphatic carbocycles. The minimum atomic E-state index is -0.831. The lowest BCUT2D eigenvalue weighted by Crippen LogP contribution is -2.26. The van der Waals surface area contributed by atoms with Gasteiger partial charge in [-0.05, 0) is 31.2 Å². The molecule has 1 rings (SSSR count). The summed E-state index contributed by atoms with van der Waals surface area (Å²) in [6.45, 7) is 3.33. The van der Waals surface area contributed by atoms with Crippen molar-refractivity contribution < 1.29 is 14.6 Å². The first-order valence-electron chi connectivity index (χ1n) is 5.80. The first-order valence-corrected chi connectivity index (χ1v) is 5.80. The zero-order valence-electron chi connectivity index (χ0n) is 10.4. The van der Waals surface area contributed by atoms with Crippen molar-refractivity contribution in [1.29, 1.82) is 0 Å². The van der Waals surface area contributed by atoms with E-state index in [0.717, 1.165) is 11.4 Å². The topological polar surface area (TPSA) is 49.8 Å². The molecule has 1 N–H and O–H groups in total. The van der Waals surface area contributed by atoms with Crippen LogP contribution in [-0.2, 0) is 4.79 Å². The maximum atomic E-state index is 10.6. The number of rotatable bonds is 7. The molecule has 18 heavy (non-hydrogen) atoms. The van der Waals surface area contributed by atoms with Crippen molar-refractivity contribution in [3.05, 3.63) is 24.3 Å². The predicted molar refractivity (Wildman–Crippen MR) is 70.9 cm³/mol. The summed E-state index contributed by atoms with van der Waals surface area (Å²) in [5.41, 5.74) is 0.901. The van der Waals surface area contributed by atoms with Gasteiger partial charge in [-0.2, -0.15) is 0 Å². The maximum Gasteiger partial charge on any atom is 0.305 e. The summed E-state index contributed by atoms with van der Waals surface area (Å²) in [6.07, 6.45) is 5.35. The highest BCUT2D eigenvalue weighted by atomic mass is 16.5. The molecule has 0 unspecified atom stereocenters. The predicted octanol–water partition coefficient (Wildman–Crippen LogP) is 2.00. The normalized spacial score (nSPS) is 9.56. The van der Waals surface area contributed by atoms with Gasteiger partial charge in [0.15, 0.2) is 0 Å². The molecule has 0 heterocycles. The third kappa shape index (κ3) is 4.38. The zero-order valence-corrected chi connectivity index (χ0v) is 10.4. The van der Waals surface area contributed by atoms with E-state index in [4.69, 9.17) is 16.3 Å². The van der Waals surface area contributed by atoms with Crippen molar-refractivity contribution >= 4 is 11.7 Å². The molecular formula is C14H17NO3. The Hall–Kier alpha value is -2.15. The standard InChI is InChI=1S/C14H17NO3/c1-3-10-15(11-9-14(16)17)12-5-7-13(8-6-12)18-4-2/h1,5-8H,4,9-11H2,2H3,(H,16,17). The number of carboxylic acid groups (broad SMARTS) is 1. The summed E-state index contributed by atoms with van der Waals surface area (Å²) in [6, 6.07) is 7.46. The fourth-order valence-electron chi connectivity index (χ4n) is 1.56. The summed E-state index contributed by atoms with van der Waals surface area (Å²) in [5.74, 6) is 2.49. The van der Waals surface area contributed by atoms with Gasteiger partial charge in [-0.1, -0.05) is 5.92 Å². The second-order valence-electron chi connectivity index (χ2n) is 3.70. The van der Waals surface area contributed by atoms with Gasteiger partial charge in [-0.3, -0.25) is 4.79 Å². The molecule has 0 aliphatic heterocycles. The lowest BCUT2D eigenvalue weighted by molar-refractivity contribution is -0.136. The van der Waals surface area contributed by atoms with E-state index in [1.165, 1.54) is 0 Å². The lowest BCUT2D eigenvalue weighted by Gasteiger charge is -2.21. The third-order valence-corrected chi connectivity index (χ3v) is 2.39. The fraction of sp³-hybridized carbons (Fsp3) is 0.357. The number of terminal acetylenes is 1. The molecule has 0 saturated carbocycles. The number of hydrogen-bond donors (Lipinski definition) is 1. The van der Waals surface area contributed by atoms with E-state index >= 15 is 0 Å². The molecule has 0 radical (unpaired) electrons. The van der Waals surface area contributed by atoms with E-state index in [0.29, 0.717) is 19.7 Å².